The van der Waals surface area contributed by atoms with E-state index in [1.54, 1.807) is 18.3 Å². The van der Waals surface area contributed by atoms with Gasteiger partial charge >= 0.3 is 7.12 Å². The minimum absolute atomic E-state index is 0.123. The zero-order valence-electron chi connectivity index (χ0n) is 14.6. The summed E-state index contributed by atoms with van der Waals surface area (Å²) < 4.78 is 5.39. The molecule has 2 N–H and O–H groups in total. The van der Waals surface area contributed by atoms with Crippen molar-refractivity contribution >= 4 is 31.3 Å². The van der Waals surface area contributed by atoms with Gasteiger partial charge in [0, 0.05) is 18.3 Å². The molecule has 5 nitrogen and oxygen atoms in total. The molecule has 0 aliphatic carbocycles. The lowest BCUT2D eigenvalue weighted by molar-refractivity contribution is 0.409. The van der Waals surface area contributed by atoms with Gasteiger partial charge in [-0.3, -0.25) is 9.98 Å². The Morgan fingerprint density at radius 2 is 2.12 bits per heavy atom. The first-order chi connectivity index (χ1) is 11.7. The van der Waals surface area contributed by atoms with Crippen LogP contribution in [0, 0.1) is 0 Å². The highest BCUT2D eigenvalue weighted by Crippen LogP contribution is 2.22. The van der Waals surface area contributed by atoms with Gasteiger partial charge < -0.3 is 14.5 Å². The summed E-state index contributed by atoms with van der Waals surface area (Å²) in [6.07, 6.45) is 9.28. The van der Waals surface area contributed by atoms with Gasteiger partial charge in [0.15, 0.2) is 0 Å². The predicted molar refractivity (Wildman–Crippen MR) is 102 cm³/mol. The molecule has 1 aliphatic rings. The molecule has 0 saturated carbocycles. The number of nitrogens with zero attached hydrogens (tertiary/aromatic N) is 2. The first-order valence-electron chi connectivity index (χ1n) is 8.16. The highest BCUT2D eigenvalue weighted by molar-refractivity contribution is 6.57. The second kappa shape index (κ2) is 10.6. The van der Waals surface area contributed by atoms with Crippen molar-refractivity contribution in [2.24, 2.45) is 9.98 Å². The summed E-state index contributed by atoms with van der Waals surface area (Å²) >= 11 is 0. The van der Waals surface area contributed by atoms with Crippen molar-refractivity contribution in [1.29, 1.82) is 0 Å². The van der Waals surface area contributed by atoms with Crippen LogP contribution in [-0.4, -0.2) is 36.1 Å². The first kappa shape index (κ1) is 19.9. The molecule has 0 radical (unpaired) electrons. The molecule has 24 heavy (non-hydrogen) atoms. The summed E-state index contributed by atoms with van der Waals surface area (Å²) in [7, 11) is -1.60. The predicted octanol–water partition coefficient (Wildman–Crippen LogP) is 2.76. The van der Waals surface area contributed by atoms with Gasteiger partial charge in [-0.15, -0.1) is 0 Å². The first-order valence-corrected chi connectivity index (χ1v) is 8.16. The molecule has 0 spiro atoms. The molecule has 6 heteroatoms. The molecule has 2 heterocycles. The molecule has 2 rings (SSSR count). The third-order valence-corrected chi connectivity index (χ3v) is 3.25. The summed E-state index contributed by atoms with van der Waals surface area (Å²) in [6, 6.07) is 3.25. The lowest BCUT2D eigenvalue weighted by atomic mass is 9.88. The summed E-state index contributed by atoms with van der Waals surface area (Å²) in [4.78, 5) is 8.42. The number of hydrogen-bond acceptors (Lipinski definition) is 5. The molecule has 0 atom stereocenters. The van der Waals surface area contributed by atoms with Gasteiger partial charge in [-0.25, -0.2) is 0 Å². The van der Waals surface area contributed by atoms with E-state index in [2.05, 4.69) is 16.7 Å². The van der Waals surface area contributed by atoms with Crippen molar-refractivity contribution in [1.82, 2.24) is 0 Å². The second-order valence-electron chi connectivity index (χ2n) is 4.88. The zero-order chi connectivity index (χ0) is 17.9. The Labute approximate surface area is 144 Å². The third kappa shape index (κ3) is 5.47. The maximum atomic E-state index is 9.10. The van der Waals surface area contributed by atoms with E-state index >= 15 is 0 Å². The van der Waals surface area contributed by atoms with Gasteiger partial charge in [0.1, 0.15) is 11.4 Å². The van der Waals surface area contributed by atoms with Crippen LogP contribution in [0.3, 0.4) is 0 Å². The highest BCUT2D eigenvalue weighted by atomic mass is 16.4. The van der Waals surface area contributed by atoms with Gasteiger partial charge in [-0.1, -0.05) is 26.0 Å². The van der Waals surface area contributed by atoms with Crippen molar-refractivity contribution in [3.05, 3.63) is 47.4 Å². The van der Waals surface area contributed by atoms with Crippen LogP contribution < -0.4 is 5.66 Å². The van der Waals surface area contributed by atoms with Crippen LogP contribution in [-0.2, 0) is 0 Å². The minimum Gasteiger partial charge on any atom is -0.465 e. The van der Waals surface area contributed by atoms with Crippen molar-refractivity contribution in [3.8, 4) is 0 Å². The maximum Gasteiger partial charge on any atom is 0.526 e. The Morgan fingerprint density at radius 1 is 1.38 bits per heavy atom. The average Bonchev–Trinajstić information content (AvgIpc) is 3.06. The number of rotatable bonds is 5. The van der Waals surface area contributed by atoms with Crippen LogP contribution in [0.2, 0.25) is 0 Å². The molecular weight excluding hydrogens is 303 g/mol. The Balaban J connectivity index is 0.00000139. The molecular formula is C18H25BN2O3. The molecule has 1 aromatic rings. The van der Waals surface area contributed by atoms with Crippen LogP contribution >= 0.6 is 0 Å². The Bertz CT molecular complexity index is 655. The topological polar surface area (TPSA) is 78.3 Å². The van der Waals surface area contributed by atoms with E-state index in [0.717, 1.165) is 36.2 Å². The highest BCUT2D eigenvalue weighted by Gasteiger charge is 2.18. The average molecular weight is 328 g/mol. The van der Waals surface area contributed by atoms with Crippen molar-refractivity contribution < 1.29 is 14.5 Å². The standard InChI is InChI=1S/C16H19BN2O3.C2H6/c1-3-5-13(11-18-2)16-12(6-4-9-19-16)10-14-7-8-15(22-14)17(20)21;1-2/h3,5,7-8,10-11,20-21H,2,4,6,9H2,1H3;1-2H3/b5-3-,12-10+,13-11+;. The molecule has 0 unspecified atom stereocenters. The lowest BCUT2D eigenvalue weighted by Crippen LogP contribution is -2.27. The van der Waals surface area contributed by atoms with E-state index in [9.17, 15) is 0 Å². The number of allylic oxidation sites excluding steroid dienone is 4. The van der Waals surface area contributed by atoms with Crippen LogP contribution in [0.25, 0.3) is 6.08 Å². The fourth-order valence-electron chi connectivity index (χ4n) is 2.32. The van der Waals surface area contributed by atoms with E-state index in [0.29, 0.717) is 5.76 Å². The number of hydrogen-bond donors (Lipinski definition) is 2. The van der Waals surface area contributed by atoms with E-state index in [1.807, 2.05) is 39.0 Å². The SMILES string of the molecule is C=N/C=C(\C=C/C)C1=NCCC/C1=C\c1ccc(B(O)O)o1.CC. The van der Waals surface area contributed by atoms with Gasteiger partial charge in [-0.2, -0.15) is 0 Å². The van der Waals surface area contributed by atoms with E-state index < -0.39 is 7.12 Å². The minimum atomic E-state index is -1.60. The molecule has 128 valence electrons. The maximum absolute atomic E-state index is 9.10. The number of aliphatic imine (C=N–C) groups is 2. The fraction of sp³-hybridized carbons (Fsp3) is 0.333. The number of furan rings is 1. The van der Waals surface area contributed by atoms with E-state index in [4.69, 9.17) is 14.5 Å². The van der Waals surface area contributed by atoms with Gasteiger partial charge in [0.05, 0.1) is 5.71 Å². The fourth-order valence-corrected chi connectivity index (χ4v) is 2.32. The molecule has 0 fully saturated rings. The van der Waals surface area contributed by atoms with Crippen LogP contribution in [0.15, 0.2) is 56.0 Å². The zero-order valence-corrected chi connectivity index (χ0v) is 14.6. The van der Waals surface area contributed by atoms with Crippen LogP contribution in [0.5, 0.6) is 0 Å². The van der Waals surface area contributed by atoms with Gasteiger partial charge in [0.2, 0.25) is 0 Å². The van der Waals surface area contributed by atoms with Crippen LogP contribution in [0.4, 0.5) is 0 Å². The summed E-state index contributed by atoms with van der Waals surface area (Å²) in [6.45, 7) is 10.2. The molecule has 0 bridgehead atoms. The quantitative estimate of drug-likeness (QED) is 0.496. The molecule has 0 aromatic carbocycles. The third-order valence-electron chi connectivity index (χ3n) is 3.25. The lowest BCUT2D eigenvalue weighted by Gasteiger charge is -2.16. The molecule has 1 aliphatic heterocycles. The van der Waals surface area contributed by atoms with Gasteiger partial charge in [0.25, 0.3) is 0 Å². The molecule has 0 amide bonds. The summed E-state index contributed by atoms with van der Waals surface area (Å²) in [5.74, 6) is 0.569. The van der Waals surface area contributed by atoms with Crippen molar-refractivity contribution in [2.75, 3.05) is 6.54 Å². The van der Waals surface area contributed by atoms with E-state index in [1.165, 1.54) is 0 Å². The largest absolute Gasteiger partial charge is 0.526 e. The van der Waals surface area contributed by atoms with Crippen molar-refractivity contribution in [2.45, 2.75) is 33.6 Å². The summed E-state index contributed by atoms with van der Waals surface area (Å²) in [5, 5.41) is 18.2. The Kier molecular flexibility index (Phi) is 8.75. The Morgan fingerprint density at radius 3 is 2.71 bits per heavy atom. The monoisotopic (exact) mass is 328 g/mol. The Hall–Kier alpha value is -2.18. The summed E-state index contributed by atoms with van der Waals surface area (Å²) in [5.41, 5.74) is 2.93. The van der Waals surface area contributed by atoms with Crippen molar-refractivity contribution in [3.63, 3.8) is 0 Å². The van der Waals surface area contributed by atoms with E-state index in [-0.39, 0.29) is 5.66 Å². The van der Waals surface area contributed by atoms with Gasteiger partial charge in [-0.05, 0) is 50.3 Å². The normalized spacial score (nSPS) is 16.6. The molecule has 1 aromatic heterocycles. The second-order valence-corrected chi connectivity index (χ2v) is 4.88. The molecule has 0 saturated heterocycles. The smallest absolute Gasteiger partial charge is 0.465 e. The van der Waals surface area contributed by atoms with Crippen LogP contribution in [0.1, 0.15) is 39.4 Å².